The third-order valence-corrected chi connectivity index (χ3v) is 5.93. The van der Waals surface area contributed by atoms with Crippen LogP contribution in [0.4, 0.5) is 0 Å². The van der Waals surface area contributed by atoms with Gasteiger partial charge in [0, 0.05) is 32.5 Å². The van der Waals surface area contributed by atoms with Crippen molar-refractivity contribution in [2.45, 2.75) is 25.7 Å². The highest BCUT2D eigenvalue weighted by atomic mass is 16.5. The number of piperidine rings is 1. The van der Waals surface area contributed by atoms with Crippen LogP contribution in [0.5, 0.6) is 5.75 Å². The van der Waals surface area contributed by atoms with Gasteiger partial charge in [0.2, 0.25) is 5.91 Å². The van der Waals surface area contributed by atoms with E-state index in [9.17, 15) is 4.79 Å². The lowest BCUT2D eigenvalue weighted by atomic mass is 9.71. The first kappa shape index (κ1) is 18.2. The average molecular weight is 346 g/mol. The summed E-state index contributed by atoms with van der Waals surface area (Å²) in [6.45, 7) is 4.55. The van der Waals surface area contributed by atoms with Gasteiger partial charge in [-0.1, -0.05) is 18.2 Å². The van der Waals surface area contributed by atoms with Gasteiger partial charge < -0.3 is 19.7 Å². The molecule has 0 aromatic heterocycles. The number of rotatable bonds is 6. The summed E-state index contributed by atoms with van der Waals surface area (Å²) in [6, 6.07) is 7.95. The molecule has 0 saturated carbocycles. The maximum absolute atomic E-state index is 12.8. The van der Waals surface area contributed by atoms with E-state index in [1.807, 2.05) is 24.3 Å². The number of ether oxygens (including phenoxy) is 2. The van der Waals surface area contributed by atoms with Crippen molar-refractivity contribution in [1.82, 2.24) is 10.2 Å². The molecule has 5 nitrogen and oxygen atoms in total. The monoisotopic (exact) mass is 346 g/mol. The smallest absolute Gasteiger partial charge is 0.222 e. The minimum atomic E-state index is 0.237. The zero-order valence-corrected chi connectivity index (χ0v) is 15.4. The Kier molecular flexibility index (Phi) is 5.97. The van der Waals surface area contributed by atoms with Crippen molar-refractivity contribution in [2.24, 2.45) is 11.3 Å². The first-order chi connectivity index (χ1) is 12.2. The number of aryl methyl sites for hydroxylation is 1. The topological polar surface area (TPSA) is 50.8 Å². The minimum absolute atomic E-state index is 0.237. The quantitative estimate of drug-likeness (QED) is 0.857. The molecule has 1 atom stereocenters. The summed E-state index contributed by atoms with van der Waals surface area (Å²) < 4.78 is 10.9. The molecule has 0 radical (unpaired) electrons. The molecule has 0 aliphatic carbocycles. The van der Waals surface area contributed by atoms with Gasteiger partial charge in [-0.2, -0.15) is 0 Å². The summed E-state index contributed by atoms with van der Waals surface area (Å²) in [6.07, 6.45) is 3.53. The normalized spacial score (nSPS) is 22.3. The van der Waals surface area contributed by atoms with Crippen molar-refractivity contribution in [2.75, 3.05) is 47.0 Å². The zero-order valence-electron chi connectivity index (χ0n) is 15.4. The van der Waals surface area contributed by atoms with E-state index in [2.05, 4.69) is 10.2 Å². The first-order valence-corrected chi connectivity index (χ1v) is 9.28. The second-order valence-corrected chi connectivity index (χ2v) is 7.35. The SMILES string of the molecule is COCC1CN(C(=O)CCc2ccccc2OC)CC12CCNCC2. The van der Waals surface area contributed by atoms with Gasteiger partial charge in [-0.3, -0.25) is 4.79 Å². The summed E-state index contributed by atoms with van der Waals surface area (Å²) in [7, 11) is 3.44. The number of nitrogens with one attached hydrogen (secondary N) is 1. The lowest BCUT2D eigenvalue weighted by Gasteiger charge is -2.38. The molecule has 2 aliphatic rings. The van der Waals surface area contributed by atoms with Crippen molar-refractivity contribution in [1.29, 1.82) is 0 Å². The lowest BCUT2D eigenvalue weighted by Crippen LogP contribution is -2.43. The fourth-order valence-electron chi connectivity index (χ4n) is 4.45. The summed E-state index contributed by atoms with van der Waals surface area (Å²) in [4.78, 5) is 14.9. The Balaban J connectivity index is 1.62. The van der Waals surface area contributed by atoms with E-state index < -0.39 is 0 Å². The molecular formula is C20H30N2O3. The highest BCUT2D eigenvalue weighted by Gasteiger charge is 2.47. The largest absolute Gasteiger partial charge is 0.496 e. The van der Waals surface area contributed by atoms with Gasteiger partial charge in [-0.15, -0.1) is 0 Å². The molecule has 3 rings (SSSR count). The standard InChI is InChI=1S/C20H30N2O3/c1-24-14-17-13-22(15-20(17)9-11-21-12-10-20)19(23)8-7-16-5-3-4-6-18(16)25-2/h3-6,17,21H,7-15H2,1-2H3. The van der Waals surface area contributed by atoms with Crippen molar-refractivity contribution in [3.05, 3.63) is 29.8 Å². The fourth-order valence-corrected chi connectivity index (χ4v) is 4.45. The van der Waals surface area contributed by atoms with Crippen molar-refractivity contribution < 1.29 is 14.3 Å². The molecule has 2 aliphatic heterocycles. The van der Waals surface area contributed by atoms with Gasteiger partial charge in [0.1, 0.15) is 5.75 Å². The third kappa shape index (κ3) is 3.98. The van der Waals surface area contributed by atoms with Gasteiger partial charge in [-0.25, -0.2) is 0 Å². The Morgan fingerprint density at radius 3 is 2.76 bits per heavy atom. The predicted molar refractivity (Wildman–Crippen MR) is 97.8 cm³/mol. The molecule has 1 aromatic rings. The molecular weight excluding hydrogens is 316 g/mol. The van der Waals surface area contributed by atoms with Gasteiger partial charge in [-0.05, 0) is 49.4 Å². The highest BCUT2D eigenvalue weighted by Crippen LogP contribution is 2.43. The molecule has 5 heteroatoms. The van der Waals surface area contributed by atoms with Crippen LogP contribution in [-0.4, -0.2) is 57.8 Å². The van der Waals surface area contributed by atoms with Crippen molar-refractivity contribution >= 4 is 5.91 Å². The molecule has 1 amide bonds. The summed E-state index contributed by atoms with van der Waals surface area (Å²) in [5.74, 6) is 1.57. The molecule has 1 unspecified atom stereocenters. The number of likely N-dealkylation sites (tertiary alicyclic amines) is 1. The molecule has 1 aromatic carbocycles. The average Bonchev–Trinajstić information content (AvgIpc) is 2.98. The Morgan fingerprint density at radius 2 is 2.04 bits per heavy atom. The van der Waals surface area contributed by atoms with E-state index in [4.69, 9.17) is 9.47 Å². The highest BCUT2D eigenvalue weighted by molar-refractivity contribution is 5.77. The second-order valence-electron chi connectivity index (χ2n) is 7.35. The zero-order chi connectivity index (χ0) is 17.7. The van der Waals surface area contributed by atoms with Crippen LogP contribution in [0.15, 0.2) is 24.3 Å². The van der Waals surface area contributed by atoms with Crippen LogP contribution in [-0.2, 0) is 16.0 Å². The number of hydrogen-bond acceptors (Lipinski definition) is 4. The molecule has 0 bridgehead atoms. The maximum Gasteiger partial charge on any atom is 0.222 e. The molecule has 1 spiro atoms. The molecule has 138 valence electrons. The van der Waals surface area contributed by atoms with Crippen molar-refractivity contribution in [3.63, 3.8) is 0 Å². The Labute approximate surface area is 150 Å². The van der Waals surface area contributed by atoms with E-state index in [0.717, 1.165) is 63.4 Å². The van der Waals surface area contributed by atoms with Crippen LogP contribution in [0, 0.1) is 11.3 Å². The lowest BCUT2D eigenvalue weighted by molar-refractivity contribution is -0.130. The second kappa shape index (κ2) is 8.19. The number of carbonyl (C=O) groups excluding carboxylic acids is 1. The maximum atomic E-state index is 12.8. The number of nitrogens with zero attached hydrogens (tertiary/aromatic N) is 1. The Morgan fingerprint density at radius 1 is 1.28 bits per heavy atom. The summed E-state index contributed by atoms with van der Waals surface area (Å²) in [5.41, 5.74) is 1.34. The summed E-state index contributed by atoms with van der Waals surface area (Å²) >= 11 is 0. The van der Waals surface area contributed by atoms with Crippen LogP contribution in [0.2, 0.25) is 0 Å². The van der Waals surface area contributed by atoms with Crippen LogP contribution >= 0.6 is 0 Å². The third-order valence-electron chi connectivity index (χ3n) is 5.93. The van der Waals surface area contributed by atoms with Gasteiger partial charge in [0.25, 0.3) is 0 Å². The molecule has 1 N–H and O–H groups in total. The van der Waals surface area contributed by atoms with E-state index in [1.165, 1.54) is 0 Å². The molecule has 25 heavy (non-hydrogen) atoms. The van der Waals surface area contributed by atoms with Gasteiger partial charge in [0.05, 0.1) is 13.7 Å². The van der Waals surface area contributed by atoms with E-state index in [1.54, 1.807) is 14.2 Å². The molecule has 2 fully saturated rings. The van der Waals surface area contributed by atoms with Gasteiger partial charge >= 0.3 is 0 Å². The number of methoxy groups -OCH3 is 2. The van der Waals surface area contributed by atoms with Crippen LogP contribution in [0.1, 0.15) is 24.8 Å². The number of para-hydroxylation sites is 1. The van der Waals surface area contributed by atoms with Crippen molar-refractivity contribution in [3.8, 4) is 5.75 Å². The Bertz CT molecular complexity index is 584. The number of carbonyl (C=O) groups is 1. The van der Waals surface area contributed by atoms with E-state index in [0.29, 0.717) is 12.3 Å². The van der Waals surface area contributed by atoms with E-state index >= 15 is 0 Å². The molecule has 2 heterocycles. The number of amides is 1. The first-order valence-electron chi connectivity index (χ1n) is 9.28. The summed E-state index contributed by atoms with van der Waals surface area (Å²) in [5, 5.41) is 3.44. The van der Waals surface area contributed by atoms with Gasteiger partial charge in [0.15, 0.2) is 0 Å². The van der Waals surface area contributed by atoms with E-state index in [-0.39, 0.29) is 11.3 Å². The number of benzene rings is 1. The number of hydrogen-bond donors (Lipinski definition) is 1. The molecule has 2 saturated heterocycles. The minimum Gasteiger partial charge on any atom is -0.496 e. The Hall–Kier alpha value is -1.59. The van der Waals surface area contributed by atoms with Crippen LogP contribution in [0.3, 0.4) is 0 Å². The predicted octanol–water partition coefficient (Wildman–Crippen LogP) is 2.10. The van der Waals surface area contributed by atoms with Crippen LogP contribution in [0.25, 0.3) is 0 Å². The fraction of sp³-hybridized carbons (Fsp3) is 0.650. The van der Waals surface area contributed by atoms with Crippen LogP contribution < -0.4 is 10.1 Å².